The van der Waals surface area contributed by atoms with Crippen molar-refractivity contribution in [3.8, 4) is 0 Å². The van der Waals surface area contributed by atoms with Crippen LogP contribution < -0.4 is 10.6 Å². The van der Waals surface area contributed by atoms with Gasteiger partial charge in [0.15, 0.2) is 6.61 Å². The van der Waals surface area contributed by atoms with Crippen molar-refractivity contribution in [3.05, 3.63) is 38.9 Å². The fourth-order valence-electron chi connectivity index (χ4n) is 2.89. The Balaban J connectivity index is 1.81. The van der Waals surface area contributed by atoms with Crippen LogP contribution in [0.2, 0.25) is 5.02 Å². The summed E-state index contributed by atoms with van der Waals surface area (Å²) in [6, 6.07) is 2.62. The fourth-order valence-corrected chi connectivity index (χ4v) is 3.14. The number of nitro groups is 1. The molecule has 2 N–H and O–H groups in total. The molecule has 0 bridgehead atoms. The number of amides is 3. The van der Waals surface area contributed by atoms with Crippen LogP contribution in [0, 0.1) is 16.0 Å². The van der Waals surface area contributed by atoms with Crippen LogP contribution in [0.15, 0.2) is 18.2 Å². The lowest BCUT2D eigenvalue weighted by Crippen LogP contribution is -2.48. The first-order valence-corrected chi connectivity index (χ1v) is 8.87. The number of carbonyl (C=O) groups is 3. The lowest BCUT2D eigenvalue weighted by molar-refractivity contribution is -0.384. The van der Waals surface area contributed by atoms with E-state index in [2.05, 4.69) is 10.6 Å². The number of nitrogens with one attached hydrogen (secondary N) is 2. The van der Waals surface area contributed by atoms with Gasteiger partial charge in [0.1, 0.15) is 0 Å². The number of benzene rings is 1. The predicted molar refractivity (Wildman–Crippen MR) is 96.5 cm³/mol. The molecule has 9 nitrogen and oxygen atoms in total. The first-order chi connectivity index (χ1) is 12.8. The highest BCUT2D eigenvalue weighted by atomic mass is 35.5. The van der Waals surface area contributed by atoms with Crippen LogP contribution in [0.4, 0.5) is 10.5 Å². The van der Waals surface area contributed by atoms with Crippen molar-refractivity contribution in [2.45, 2.75) is 38.6 Å². The number of nitro benzene ring substituents is 1. The van der Waals surface area contributed by atoms with Crippen LogP contribution in [0.25, 0.3) is 0 Å². The van der Waals surface area contributed by atoms with Gasteiger partial charge in [-0.15, -0.1) is 0 Å². The SMILES string of the molecule is C[C@@H]1CCCC[C@@H]1NC(=O)NC(=O)COC(=O)c1ccc([N+](=O)[O-])cc1Cl. The molecule has 0 heterocycles. The van der Waals surface area contributed by atoms with E-state index in [1.54, 1.807) is 0 Å². The molecule has 146 valence electrons. The van der Waals surface area contributed by atoms with Crippen molar-refractivity contribution >= 4 is 35.2 Å². The van der Waals surface area contributed by atoms with E-state index in [0.717, 1.165) is 43.9 Å². The molecule has 2 atom stereocenters. The second kappa shape index (κ2) is 9.31. The summed E-state index contributed by atoms with van der Waals surface area (Å²) in [4.78, 5) is 45.6. The molecule has 10 heteroatoms. The second-order valence-corrected chi connectivity index (χ2v) is 6.79. The third-order valence-electron chi connectivity index (χ3n) is 4.40. The van der Waals surface area contributed by atoms with Gasteiger partial charge in [-0.1, -0.05) is 31.4 Å². The Labute approximate surface area is 160 Å². The third-order valence-corrected chi connectivity index (χ3v) is 4.71. The maximum absolute atomic E-state index is 11.9. The minimum absolute atomic E-state index is 0.00742. The average Bonchev–Trinajstić information content (AvgIpc) is 2.61. The topological polar surface area (TPSA) is 128 Å². The van der Waals surface area contributed by atoms with Crippen molar-refractivity contribution in [1.29, 1.82) is 0 Å². The summed E-state index contributed by atoms with van der Waals surface area (Å²) < 4.78 is 4.80. The molecule has 1 fully saturated rings. The van der Waals surface area contributed by atoms with Gasteiger partial charge in [0, 0.05) is 18.2 Å². The van der Waals surface area contributed by atoms with E-state index in [9.17, 15) is 24.5 Å². The lowest BCUT2D eigenvalue weighted by Gasteiger charge is -2.29. The monoisotopic (exact) mass is 397 g/mol. The van der Waals surface area contributed by atoms with Crippen LogP contribution in [0.1, 0.15) is 43.0 Å². The Hall–Kier alpha value is -2.68. The third kappa shape index (κ3) is 5.92. The van der Waals surface area contributed by atoms with Crippen molar-refractivity contribution in [2.24, 2.45) is 5.92 Å². The molecule has 3 amide bonds. The second-order valence-electron chi connectivity index (χ2n) is 6.39. The molecule has 0 aliphatic heterocycles. The molecular formula is C17H20ClN3O6. The Morgan fingerprint density at radius 2 is 2.00 bits per heavy atom. The van der Waals surface area contributed by atoms with E-state index in [4.69, 9.17) is 16.3 Å². The summed E-state index contributed by atoms with van der Waals surface area (Å²) in [6.45, 7) is 1.36. The van der Waals surface area contributed by atoms with Gasteiger partial charge in [-0.3, -0.25) is 20.2 Å². The van der Waals surface area contributed by atoms with Crippen LogP contribution in [-0.2, 0) is 9.53 Å². The van der Waals surface area contributed by atoms with Gasteiger partial charge in [0.05, 0.1) is 15.5 Å². The maximum atomic E-state index is 11.9. The summed E-state index contributed by atoms with van der Waals surface area (Å²) in [7, 11) is 0. The van der Waals surface area contributed by atoms with Gasteiger partial charge in [0.2, 0.25) is 0 Å². The minimum Gasteiger partial charge on any atom is -0.452 e. The summed E-state index contributed by atoms with van der Waals surface area (Å²) in [6.07, 6.45) is 4.03. The fraction of sp³-hybridized carbons (Fsp3) is 0.471. The maximum Gasteiger partial charge on any atom is 0.340 e. The highest BCUT2D eigenvalue weighted by Gasteiger charge is 2.24. The molecule has 27 heavy (non-hydrogen) atoms. The van der Waals surface area contributed by atoms with Crippen molar-refractivity contribution < 1.29 is 24.0 Å². The zero-order valence-electron chi connectivity index (χ0n) is 14.7. The summed E-state index contributed by atoms with van der Waals surface area (Å²) in [5.74, 6) is -1.38. The number of ether oxygens (including phenoxy) is 1. The Bertz CT molecular complexity index is 754. The Kier molecular flexibility index (Phi) is 7.12. The van der Waals surface area contributed by atoms with Crippen molar-refractivity contribution in [1.82, 2.24) is 10.6 Å². The number of hydrogen-bond donors (Lipinski definition) is 2. The van der Waals surface area contributed by atoms with E-state index in [1.165, 1.54) is 0 Å². The molecule has 1 aliphatic rings. The summed E-state index contributed by atoms with van der Waals surface area (Å²) >= 11 is 5.82. The molecule has 0 aromatic heterocycles. The number of rotatable bonds is 5. The van der Waals surface area contributed by atoms with Gasteiger partial charge >= 0.3 is 12.0 Å². The van der Waals surface area contributed by atoms with Crippen LogP contribution in [0.5, 0.6) is 0 Å². The van der Waals surface area contributed by atoms with Gasteiger partial charge in [-0.2, -0.15) is 0 Å². The van der Waals surface area contributed by atoms with E-state index < -0.39 is 29.4 Å². The number of urea groups is 1. The molecule has 1 aromatic rings. The van der Waals surface area contributed by atoms with E-state index in [-0.39, 0.29) is 22.3 Å². The summed E-state index contributed by atoms with van der Waals surface area (Å²) in [5.41, 5.74) is -0.390. The summed E-state index contributed by atoms with van der Waals surface area (Å²) in [5, 5.41) is 15.3. The van der Waals surface area contributed by atoms with E-state index in [0.29, 0.717) is 5.92 Å². The van der Waals surface area contributed by atoms with E-state index >= 15 is 0 Å². The lowest BCUT2D eigenvalue weighted by atomic mass is 9.86. The van der Waals surface area contributed by atoms with Gasteiger partial charge < -0.3 is 10.1 Å². The molecule has 0 radical (unpaired) electrons. The highest BCUT2D eigenvalue weighted by molar-refractivity contribution is 6.33. The number of halogens is 1. The molecular weight excluding hydrogens is 378 g/mol. The van der Waals surface area contributed by atoms with Crippen LogP contribution in [-0.4, -0.2) is 35.5 Å². The van der Waals surface area contributed by atoms with Gasteiger partial charge in [-0.05, 0) is 24.8 Å². The van der Waals surface area contributed by atoms with Gasteiger partial charge in [-0.25, -0.2) is 9.59 Å². The zero-order chi connectivity index (χ0) is 20.0. The smallest absolute Gasteiger partial charge is 0.340 e. The van der Waals surface area contributed by atoms with E-state index in [1.807, 2.05) is 6.92 Å². The molecule has 0 spiro atoms. The number of hydrogen-bond acceptors (Lipinski definition) is 6. The normalized spacial score (nSPS) is 19.0. The van der Waals surface area contributed by atoms with Gasteiger partial charge in [0.25, 0.3) is 11.6 Å². The highest BCUT2D eigenvalue weighted by Crippen LogP contribution is 2.24. The first-order valence-electron chi connectivity index (χ1n) is 8.49. The average molecular weight is 398 g/mol. The van der Waals surface area contributed by atoms with Crippen molar-refractivity contribution in [3.63, 3.8) is 0 Å². The molecule has 0 unspecified atom stereocenters. The number of non-ortho nitro benzene ring substituents is 1. The van der Waals surface area contributed by atoms with Crippen LogP contribution in [0.3, 0.4) is 0 Å². The number of carbonyl (C=O) groups excluding carboxylic acids is 3. The zero-order valence-corrected chi connectivity index (χ0v) is 15.5. The number of nitrogens with zero attached hydrogens (tertiary/aromatic N) is 1. The molecule has 1 aliphatic carbocycles. The van der Waals surface area contributed by atoms with Crippen molar-refractivity contribution in [2.75, 3.05) is 6.61 Å². The molecule has 2 rings (SSSR count). The Morgan fingerprint density at radius 1 is 1.30 bits per heavy atom. The molecule has 0 saturated heterocycles. The number of esters is 1. The quantitative estimate of drug-likeness (QED) is 0.446. The largest absolute Gasteiger partial charge is 0.452 e. The molecule has 1 saturated carbocycles. The molecule has 1 aromatic carbocycles. The van der Waals surface area contributed by atoms with Crippen LogP contribution >= 0.6 is 11.6 Å². The minimum atomic E-state index is -0.925. The standard InChI is InChI=1S/C17H20ClN3O6/c1-10-4-2-3-5-14(10)19-17(24)20-15(22)9-27-16(23)12-7-6-11(21(25)26)8-13(12)18/h6-8,10,14H,2-5,9H2,1H3,(H2,19,20,22,24)/t10-,14+/m1/s1. The first kappa shape index (κ1) is 20.6. The Morgan fingerprint density at radius 3 is 2.63 bits per heavy atom. The predicted octanol–water partition coefficient (Wildman–Crippen LogP) is 2.81. The number of imide groups is 1.